The molecule has 0 aliphatic heterocycles. The van der Waals surface area contributed by atoms with E-state index in [9.17, 15) is 10.1 Å². The molecular formula is C20H17ClN4OS. The van der Waals surface area contributed by atoms with Crippen LogP contribution in [0.4, 0.5) is 5.00 Å². The number of thiophene rings is 1. The van der Waals surface area contributed by atoms with E-state index in [1.807, 2.05) is 6.92 Å². The van der Waals surface area contributed by atoms with Crippen LogP contribution in [0.1, 0.15) is 40.1 Å². The molecule has 1 aromatic carbocycles. The van der Waals surface area contributed by atoms with Crippen LogP contribution in [0.15, 0.2) is 34.1 Å². The highest BCUT2D eigenvalue weighted by Crippen LogP contribution is 2.39. The molecule has 0 fully saturated rings. The standard InChI is InChI=1S/C20H17ClN4OS/c1-12-17(20(26)25(24-12)14-8-6-13(21)7-9-14)11-23-19-16(10-22)15-4-2-3-5-18(15)27-19/h6-9,11,24H,2-5H2,1H3/b23-11+. The maximum atomic E-state index is 12.8. The van der Waals surface area contributed by atoms with Crippen LogP contribution in [0.5, 0.6) is 0 Å². The van der Waals surface area contributed by atoms with Gasteiger partial charge in [-0.25, -0.2) is 9.67 Å². The molecule has 136 valence electrons. The minimum absolute atomic E-state index is 0.182. The van der Waals surface area contributed by atoms with Gasteiger partial charge in [0.15, 0.2) is 0 Å². The monoisotopic (exact) mass is 396 g/mol. The molecule has 2 heterocycles. The summed E-state index contributed by atoms with van der Waals surface area (Å²) in [6, 6.07) is 9.33. The quantitative estimate of drug-likeness (QED) is 0.652. The number of hydrogen-bond acceptors (Lipinski definition) is 4. The van der Waals surface area contributed by atoms with Gasteiger partial charge in [0.05, 0.1) is 16.8 Å². The van der Waals surface area contributed by atoms with Crippen LogP contribution in [0.25, 0.3) is 5.69 Å². The Bertz CT molecular complexity index is 1130. The van der Waals surface area contributed by atoms with Gasteiger partial charge in [-0.05, 0) is 62.4 Å². The van der Waals surface area contributed by atoms with Crippen LogP contribution in [0, 0.1) is 18.3 Å². The zero-order valence-electron chi connectivity index (χ0n) is 14.8. The van der Waals surface area contributed by atoms with Crippen LogP contribution >= 0.6 is 22.9 Å². The number of fused-ring (bicyclic) bond motifs is 1. The first-order chi connectivity index (χ1) is 13.1. The van der Waals surface area contributed by atoms with Crippen LogP contribution in [0.3, 0.4) is 0 Å². The molecule has 0 spiro atoms. The fourth-order valence-electron chi connectivity index (χ4n) is 3.36. The number of aryl methyl sites for hydroxylation is 2. The third-order valence-electron chi connectivity index (χ3n) is 4.78. The maximum absolute atomic E-state index is 12.8. The summed E-state index contributed by atoms with van der Waals surface area (Å²) in [6.45, 7) is 1.83. The Balaban J connectivity index is 1.72. The van der Waals surface area contributed by atoms with Gasteiger partial charge in [0.25, 0.3) is 5.56 Å². The lowest BCUT2D eigenvalue weighted by atomic mass is 9.96. The van der Waals surface area contributed by atoms with Crippen molar-refractivity contribution in [3.63, 3.8) is 0 Å². The van der Waals surface area contributed by atoms with Gasteiger partial charge in [0.2, 0.25) is 0 Å². The molecule has 1 N–H and O–H groups in total. The number of nitrogens with one attached hydrogen (secondary N) is 1. The van der Waals surface area contributed by atoms with Crippen molar-refractivity contribution >= 4 is 34.2 Å². The molecule has 27 heavy (non-hydrogen) atoms. The molecule has 2 aromatic heterocycles. The maximum Gasteiger partial charge on any atom is 0.280 e. The Labute approximate surface area is 165 Å². The summed E-state index contributed by atoms with van der Waals surface area (Å²) < 4.78 is 1.47. The Morgan fingerprint density at radius 1 is 1.30 bits per heavy atom. The van der Waals surface area contributed by atoms with Gasteiger partial charge in [-0.15, -0.1) is 11.3 Å². The van der Waals surface area contributed by atoms with Gasteiger partial charge < -0.3 is 0 Å². The SMILES string of the molecule is Cc1[nH]n(-c2ccc(Cl)cc2)c(=O)c1/C=N/c1sc2c(c1C#N)CCCC2. The molecule has 7 heteroatoms. The van der Waals surface area contributed by atoms with Crippen molar-refractivity contribution < 1.29 is 0 Å². The van der Waals surface area contributed by atoms with Gasteiger partial charge in [-0.1, -0.05) is 11.6 Å². The van der Waals surface area contributed by atoms with Gasteiger partial charge in [-0.2, -0.15) is 5.26 Å². The number of nitriles is 1. The van der Waals surface area contributed by atoms with Crippen molar-refractivity contribution in [2.75, 3.05) is 0 Å². The van der Waals surface area contributed by atoms with Gasteiger partial charge in [0.1, 0.15) is 11.1 Å². The van der Waals surface area contributed by atoms with Crippen LogP contribution in [-0.2, 0) is 12.8 Å². The summed E-state index contributed by atoms with van der Waals surface area (Å²) in [7, 11) is 0. The number of benzene rings is 1. The summed E-state index contributed by atoms with van der Waals surface area (Å²) in [5.74, 6) is 0. The fourth-order valence-corrected chi connectivity index (χ4v) is 4.67. The third kappa shape index (κ3) is 3.25. The van der Waals surface area contributed by atoms with E-state index < -0.39 is 0 Å². The van der Waals surface area contributed by atoms with E-state index in [4.69, 9.17) is 11.6 Å². The summed E-state index contributed by atoms with van der Waals surface area (Å²) >= 11 is 7.49. The molecule has 1 aliphatic carbocycles. The van der Waals surface area contributed by atoms with Gasteiger partial charge in [0, 0.05) is 21.8 Å². The topological polar surface area (TPSA) is 73.9 Å². The zero-order valence-corrected chi connectivity index (χ0v) is 16.3. The number of halogens is 1. The highest BCUT2D eigenvalue weighted by Gasteiger charge is 2.20. The van der Waals surface area contributed by atoms with E-state index in [1.54, 1.807) is 41.8 Å². The fraction of sp³-hybridized carbons (Fsp3) is 0.250. The van der Waals surface area contributed by atoms with E-state index in [0.717, 1.165) is 36.9 Å². The summed E-state index contributed by atoms with van der Waals surface area (Å²) in [4.78, 5) is 18.6. The number of aromatic amines is 1. The second kappa shape index (κ2) is 7.18. The average Bonchev–Trinajstić information content (AvgIpc) is 3.17. The van der Waals surface area contributed by atoms with Crippen molar-refractivity contribution in [2.45, 2.75) is 32.6 Å². The number of hydrogen-bond donors (Lipinski definition) is 1. The minimum Gasteiger partial charge on any atom is -0.295 e. The summed E-state index contributed by atoms with van der Waals surface area (Å²) in [5, 5.41) is 13.9. The molecule has 0 unspecified atom stereocenters. The normalized spacial score (nSPS) is 13.7. The first-order valence-corrected chi connectivity index (χ1v) is 9.94. The second-order valence-electron chi connectivity index (χ2n) is 6.53. The average molecular weight is 397 g/mol. The minimum atomic E-state index is -0.182. The lowest BCUT2D eigenvalue weighted by molar-refractivity contribution is 0.696. The molecule has 0 radical (unpaired) electrons. The molecule has 4 rings (SSSR count). The number of aliphatic imine (C=N–C) groups is 1. The van der Waals surface area contributed by atoms with Crippen LogP contribution in [-0.4, -0.2) is 16.0 Å². The molecule has 3 aromatic rings. The smallest absolute Gasteiger partial charge is 0.280 e. The second-order valence-corrected chi connectivity index (χ2v) is 8.05. The van der Waals surface area contributed by atoms with Crippen molar-refractivity contribution in [2.24, 2.45) is 4.99 Å². The predicted molar refractivity (Wildman–Crippen MR) is 109 cm³/mol. The Hall–Kier alpha value is -2.62. The number of H-pyrrole nitrogens is 1. The Morgan fingerprint density at radius 3 is 2.78 bits per heavy atom. The lowest BCUT2D eigenvalue weighted by Gasteiger charge is -2.09. The van der Waals surface area contributed by atoms with Crippen molar-refractivity contribution in [3.8, 4) is 11.8 Å². The summed E-state index contributed by atoms with van der Waals surface area (Å²) in [6.07, 6.45) is 5.79. The zero-order chi connectivity index (χ0) is 19.0. The third-order valence-corrected chi connectivity index (χ3v) is 6.23. The van der Waals surface area contributed by atoms with Crippen molar-refractivity contribution in [1.82, 2.24) is 9.78 Å². The molecule has 5 nitrogen and oxygen atoms in total. The Morgan fingerprint density at radius 2 is 2.04 bits per heavy atom. The van der Waals surface area contributed by atoms with E-state index >= 15 is 0 Å². The Kier molecular flexibility index (Phi) is 4.73. The number of rotatable bonds is 3. The molecule has 0 saturated carbocycles. The van der Waals surface area contributed by atoms with E-state index in [1.165, 1.54) is 9.56 Å². The number of nitrogens with zero attached hydrogens (tertiary/aromatic N) is 3. The van der Waals surface area contributed by atoms with Crippen LogP contribution in [0.2, 0.25) is 5.02 Å². The number of aromatic nitrogens is 2. The molecule has 0 saturated heterocycles. The van der Waals surface area contributed by atoms with Gasteiger partial charge in [-0.3, -0.25) is 9.89 Å². The van der Waals surface area contributed by atoms with Crippen molar-refractivity contribution in [3.05, 3.63) is 66.9 Å². The molecule has 0 atom stereocenters. The highest BCUT2D eigenvalue weighted by atomic mass is 35.5. The van der Waals surface area contributed by atoms with Gasteiger partial charge >= 0.3 is 0 Å². The predicted octanol–water partition coefficient (Wildman–Crippen LogP) is 4.69. The molecular weight excluding hydrogens is 380 g/mol. The van der Waals surface area contributed by atoms with E-state index in [-0.39, 0.29) is 5.56 Å². The van der Waals surface area contributed by atoms with Crippen molar-refractivity contribution in [1.29, 1.82) is 5.26 Å². The molecule has 1 aliphatic rings. The first-order valence-electron chi connectivity index (χ1n) is 8.74. The van der Waals surface area contributed by atoms with E-state index in [0.29, 0.717) is 26.8 Å². The molecule has 0 amide bonds. The highest BCUT2D eigenvalue weighted by molar-refractivity contribution is 7.16. The van der Waals surface area contributed by atoms with E-state index in [2.05, 4.69) is 16.2 Å². The first kappa shape index (κ1) is 17.8. The largest absolute Gasteiger partial charge is 0.295 e. The summed E-state index contributed by atoms with van der Waals surface area (Å²) in [5.41, 5.74) is 3.54. The lowest BCUT2D eigenvalue weighted by Crippen LogP contribution is -2.17. The van der Waals surface area contributed by atoms with Crippen LogP contribution < -0.4 is 5.56 Å². The molecule has 0 bridgehead atoms.